The number of rotatable bonds is 5. The average molecular weight is 228 g/mol. The van der Waals surface area contributed by atoms with Crippen LogP contribution in [0.2, 0.25) is 0 Å². The van der Waals surface area contributed by atoms with E-state index in [2.05, 4.69) is 0 Å². The van der Waals surface area contributed by atoms with Gasteiger partial charge >= 0.3 is 0 Å². The molecule has 0 bridgehead atoms. The molecule has 0 saturated heterocycles. The summed E-state index contributed by atoms with van der Waals surface area (Å²) in [5.41, 5.74) is -1.17. The lowest BCUT2D eigenvalue weighted by Gasteiger charge is -2.24. The molecule has 0 aromatic heterocycles. The van der Waals surface area contributed by atoms with E-state index in [4.69, 9.17) is 9.47 Å². The number of aliphatic hydroxyl groups is 1. The van der Waals surface area contributed by atoms with E-state index in [9.17, 15) is 9.50 Å². The molecule has 0 fully saturated rings. The van der Waals surface area contributed by atoms with E-state index in [0.29, 0.717) is 6.61 Å². The highest BCUT2D eigenvalue weighted by Crippen LogP contribution is 2.29. The maximum atomic E-state index is 13.9. The summed E-state index contributed by atoms with van der Waals surface area (Å²) in [6.45, 7) is 3.86. The van der Waals surface area contributed by atoms with E-state index < -0.39 is 11.4 Å². The number of hydrogen-bond donors (Lipinski definition) is 1. The van der Waals surface area contributed by atoms with Crippen LogP contribution in [-0.2, 0) is 10.3 Å². The van der Waals surface area contributed by atoms with Gasteiger partial charge in [0.25, 0.3) is 0 Å². The van der Waals surface area contributed by atoms with Crippen molar-refractivity contribution in [1.29, 1.82) is 0 Å². The lowest BCUT2D eigenvalue weighted by molar-refractivity contribution is -0.0367. The largest absolute Gasteiger partial charge is 0.494 e. The van der Waals surface area contributed by atoms with Crippen molar-refractivity contribution in [3.63, 3.8) is 0 Å². The summed E-state index contributed by atoms with van der Waals surface area (Å²) < 4.78 is 23.8. The SMILES string of the molecule is CCOCC(C)(O)c1cccc(OC)c1F. The van der Waals surface area contributed by atoms with Gasteiger partial charge in [0.15, 0.2) is 11.6 Å². The summed E-state index contributed by atoms with van der Waals surface area (Å²) >= 11 is 0. The van der Waals surface area contributed by atoms with Gasteiger partial charge in [0.05, 0.1) is 13.7 Å². The standard InChI is InChI=1S/C12H17FO3/c1-4-16-8-12(2,14)9-6-5-7-10(15-3)11(9)13/h5-7,14H,4,8H2,1-3H3. The number of methoxy groups -OCH3 is 1. The lowest BCUT2D eigenvalue weighted by atomic mass is 9.96. The van der Waals surface area contributed by atoms with E-state index >= 15 is 0 Å². The van der Waals surface area contributed by atoms with Crippen LogP contribution in [0.15, 0.2) is 18.2 Å². The molecule has 1 rings (SSSR count). The van der Waals surface area contributed by atoms with Crippen molar-refractivity contribution in [2.75, 3.05) is 20.3 Å². The first-order valence-corrected chi connectivity index (χ1v) is 5.16. The minimum atomic E-state index is -1.35. The third-order valence-electron chi connectivity index (χ3n) is 2.35. The van der Waals surface area contributed by atoms with Gasteiger partial charge in [-0.3, -0.25) is 0 Å². The second-order valence-corrected chi connectivity index (χ2v) is 3.73. The first-order valence-electron chi connectivity index (χ1n) is 5.16. The predicted octanol–water partition coefficient (Wildman–Crippen LogP) is 2.08. The van der Waals surface area contributed by atoms with E-state index in [-0.39, 0.29) is 17.9 Å². The second kappa shape index (κ2) is 5.27. The lowest BCUT2D eigenvalue weighted by Crippen LogP contribution is -2.29. The Balaban J connectivity index is 3.02. The van der Waals surface area contributed by atoms with Gasteiger partial charge in [-0.05, 0) is 19.9 Å². The Hall–Kier alpha value is -1.13. The number of hydrogen-bond acceptors (Lipinski definition) is 3. The molecule has 0 radical (unpaired) electrons. The zero-order valence-corrected chi connectivity index (χ0v) is 9.79. The molecule has 0 aliphatic carbocycles. The van der Waals surface area contributed by atoms with Gasteiger partial charge in [0.1, 0.15) is 5.60 Å². The molecule has 0 amide bonds. The van der Waals surface area contributed by atoms with Crippen LogP contribution in [0.3, 0.4) is 0 Å². The summed E-state index contributed by atoms with van der Waals surface area (Å²) in [5.74, 6) is -0.427. The Bertz CT molecular complexity index is 350. The van der Waals surface area contributed by atoms with Crippen molar-refractivity contribution < 1.29 is 19.0 Å². The molecule has 0 saturated carbocycles. The highest BCUT2D eigenvalue weighted by molar-refractivity contribution is 5.34. The van der Waals surface area contributed by atoms with Crippen LogP contribution in [0, 0.1) is 5.82 Å². The molecular weight excluding hydrogens is 211 g/mol. The second-order valence-electron chi connectivity index (χ2n) is 3.73. The minimum Gasteiger partial charge on any atom is -0.494 e. The molecule has 1 aromatic rings. The fourth-order valence-electron chi connectivity index (χ4n) is 1.46. The van der Waals surface area contributed by atoms with Crippen molar-refractivity contribution >= 4 is 0 Å². The minimum absolute atomic E-state index is 0.0492. The summed E-state index contributed by atoms with van der Waals surface area (Å²) in [4.78, 5) is 0. The molecule has 0 aliphatic heterocycles. The van der Waals surface area contributed by atoms with Gasteiger partial charge in [-0.1, -0.05) is 12.1 Å². The van der Waals surface area contributed by atoms with Crippen LogP contribution in [-0.4, -0.2) is 25.4 Å². The summed E-state index contributed by atoms with van der Waals surface area (Å²) in [7, 11) is 1.39. The van der Waals surface area contributed by atoms with E-state index in [1.165, 1.54) is 26.2 Å². The first kappa shape index (κ1) is 12.9. The Morgan fingerprint density at radius 2 is 2.12 bits per heavy atom. The van der Waals surface area contributed by atoms with Crippen LogP contribution in [0.25, 0.3) is 0 Å². The maximum Gasteiger partial charge on any atom is 0.171 e. The fourth-order valence-corrected chi connectivity index (χ4v) is 1.46. The normalized spacial score (nSPS) is 14.6. The van der Waals surface area contributed by atoms with Gasteiger partial charge in [0.2, 0.25) is 0 Å². The van der Waals surface area contributed by atoms with Crippen molar-refractivity contribution in [3.8, 4) is 5.75 Å². The highest BCUT2D eigenvalue weighted by atomic mass is 19.1. The average Bonchev–Trinajstić information content (AvgIpc) is 2.26. The monoisotopic (exact) mass is 228 g/mol. The molecule has 0 heterocycles. The van der Waals surface area contributed by atoms with E-state index in [1.54, 1.807) is 6.07 Å². The molecule has 0 aliphatic rings. The maximum absolute atomic E-state index is 13.9. The number of benzene rings is 1. The molecule has 1 N–H and O–H groups in total. The van der Waals surface area contributed by atoms with Gasteiger partial charge in [0, 0.05) is 12.2 Å². The fraction of sp³-hybridized carbons (Fsp3) is 0.500. The first-order chi connectivity index (χ1) is 7.53. The van der Waals surface area contributed by atoms with Crippen LogP contribution < -0.4 is 4.74 Å². The molecular formula is C12H17FO3. The summed E-state index contributed by atoms with van der Waals surface area (Å²) in [6, 6.07) is 4.67. The van der Waals surface area contributed by atoms with Crippen LogP contribution >= 0.6 is 0 Å². The molecule has 1 unspecified atom stereocenters. The van der Waals surface area contributed by atoms with Crippen LogP contribution in [0.4, 0.5) is 4.39 Å². The number of halogens is 1. The van der Waals surface area contributed by atoms with Crippen LogP contribution in [0.5, 0.6) is 5.75 Å². The third kappa shape index (κ3) is 2.71. The van der Waals surface area contributed by atoms with Crippen molar-refractivity contribution in [1.82, 2.24) is 0 Å². The topological polar surface area (TPSA) is 38.7 Å². The van der Waals surface area contributed by atoms with Gasteiger partial charge in [-0.2, -0.15) is 0 Å². The Kier molecular flexibility index (Phi) is 4.26. The van der Waals surface area contributed by atoms with Crippen molar-refractivity contribution in [2.24, 2.45) is 0 Å². The molecule has 0 spiro atoms. The molecule has 16 heavy (non-hydrogen) atoms. The Labute approximate surface area is 94.8 Å². The summed E-state index contributed by atoms with van der Waals surface area (Å²) in [6.07, 6.45) is 0. The summed E-state index contributed by atoms with van der Waals surface area (Å²) in [5, 5.41) is 10.1. The van der Waals surface area contributed by atoms with Crippen molar-refractivity contribution in [3.05, 3.63) is 29.6 Å². The van der Waals surface area contributed by atoms with Crippen molar-refractivity contribution in [2.45, 2.75) is 19.4 Å². The Morgan fingerprint density at radius 3 is 2.69 bits per heavy atom. The molecule has 1 atom stereocenters. The quantitative estimate of drug-likeness (QED) is 0.838. The smallest absolute Gasteiger partial charge is 0.171 e. The van der Waals surface area contributed by atoms with Gasteiger partial charge in [-0.25, -0.2) is 4.39 Å². The number of ether oxygens (including phenoxy) is 2. The van der Waals surface area contributed by atoms with Crippen LogP contribution in [0.1, 0.15) is 19.4 Å². The molecule has 1 aromatic carbocycles. The zero-order chi connectivity index (χ0) is 12.2. The molecule has 90 valence electrons. The van der Waals surface area contributed by atoms with E-state index in [0.717, 1.165) is 0 Å². The predicted molar refractivity (Wildman–Crippen MR) is 59.0 cm³/mol. The zero-order valence-electron chi connectivity index (χ0n) is 9.79. The highest BCUT2D eigenvalue weighted by Gasteiger charge is 2.28. The van der Waals surface area contributed by atoms with Gasteiger partial charge in [-0.15, -0.1) is 0 Å². The Morgan fingerprint density at radius 1 is 1.44 bits per heavy atom. The molecule has 3 nitrogen and oxygen atoms in total. The molecule has 4 heteroatoms. The van der Waals surface area contributed by atoms with Gasteiger partial charge < -0.3 is 14.6 Å². The van der Waals surface area contributed by atoms with E-state index in [1.807, 2.05) is 6.92 Å². The third-order valence-corrected chi connectivity index (χ3v) is 2.35.